The molecule has 1 rings (SSSR count). The minimum atomic E-state index is -0.166. The van der Waals surface area contributed by atoms with Crippen LogP contribution in [0.2, 0.25) is 0 Å². The van der Waals surface area contributed by atoms with Crippen molar-refractivity contribution < 1.29 is 14.0 Å². The van der Waals surface area contributed by atoms with Crippen LogP contribution in [0.5, 0.6) is 0 Å². The molecule has 0 aliphatic rings. The van der Waals surface area contributed by atoms with Crippen LogP contribution in [0.15, 0.2) is 24.5 Å². The molecule has 96 valence electrons. The van der Waals surface area contributed by atoms with Crippen molar-refractivity contribution in [3.63, 3.8) is 0 Å². The van der Waals surface area contributed by atoms with Crippen LogP contribution in [0.1, 0.15) is 13.8 Å². The summed E-state index contributed by atoms with van der Waals surface area (Å²) in [5, 5.41) is 0. The molecule has 0 bridgehead atoms. The molecular formula is C13H23N2O2+. The third-order valence-corrected chi connectivity index (χ3v) is 2.45. The van der Waals surface area contributed by atoms with Crippen molar-refractivity contribution in [1.29, 1.82) is 0 Å². The second-order valence-electron chi connectivity index (χ2n) is 3.99. The number of rotatable bonds is 7. The first kappa shape index (κ1) is 13.9. The highest BCUT2D eigenvalue weighted by Crippen LogP contribution is 2.06. The van der Waals surface area contributed by atoms with Crippen molar-refractivity contribution in [3.05, 3.63) is 24.5 Å². The molecule has 4 nitrogen and oxygen atoms in total. The highest BCUT2D eigenvalue weighted by molar-refractivity contribution is 5.41. The second-order valence-corrected chi connectivity index (χ2v) is 3.99. The van der Waals surface area contributed by atoms with Gasteiger partial charge in [0.15, 0.2) is 18.9 Å². The molecule has 0 amide bonds. The Morgan fingerprint density at radius 2 is 1.65 bits per heavy atom. The lowest BCUT2D eigenvalue weighted by Crippen LogP contribution is -2.41. The van der Waals surface area contributed by atoms with Gasteiger partial charge >= 0.3 is 0 Å². The maximum atomic E-state index is 5.51. The van der Waals surface area contributed by atoms with Gasteiger partial charge in [0.05, 0.1) is 0 Å². The smallest absolute Gasteiger partial charge is 0.217 e. The summed E-state index contributed by atoms with van der Waals surface area (Å²) in [6, 6.07) is 4.16. The molecule has 0 atom stereocenters. The molecule has 1 aromatic rings. The van der Waals surface area contributed by atoms with E-state index in [2.05, 4.69) is 21.6 Å². The molecule has 1 heterocycles. The summed E-state index contributed by atoms with van der Waals surface area (Å²) in [7, 11) is 4.06. The number of ether oxygens (including phenoxy) is 2. The minimum Gasteiger partial charge on any atom is -0.377 e. The molecule has 0 aliphatic carbocycles. The molecule has 0 N–H and O–H groups in total. The number of anilines is 1. The first-order valence-electron chi connectivity index (χ1n) is 6.07. The van der Waals surface area contributed by atoms with Gasteiger partial charge in [-0.05, 0) is 13.8 Å². The maximum absolute atomic E-state index is 5.51. The third-order valence-electron chi connectivity index (χ3n) is 2.45. The normalized spacial score (nSPS) is 10.9. The van der Waals surface area contributed by atoms with Crippen LogP contribution in [0.3, 0.4) is 0 Å². The van der Waals surface area contributed by atoms with Crippen LogP contribution in [0, 0.1) is 0 Å². The van der Waals surface area contributed by atoms with Gasteiger partial charge in [-0.15, -0.1) is 0 Å². The Labute approximate surface area is 104 Å². The van der Waals surface area contributed by atoms with Gasteiger partial charge in [0.1, 0.15) is 0 Å². The van der Waals surface area contributed by atoms with Gasteiger partial charge in [-0.1, -0.05) is 0 Å². The molecule has 17 heavy (non-hydrogen) atoms. The lowest BCUT2D eigenvalue weighted by Gasteiger charge is -2.14. The Morgan fingerprint density at radius 1 is 1.12 bits per heavy atom. The Bertz CT molecular complexity index is 306. The van der Waals surface area contributed by atoms with E-state index in [1.54, 1.807) is 0 Å². The molecule has 4 heteroatoms. The number of nitrogens with zero attached hydrogens (tertiary/aromatic N) is 2. The fourth-order valence-electron chi connectivity index (χ4n) is 1.57. The molecule has 0 spiro atoms. The number of pyridine rings is 1. The Kier molecular flexibility index (Phi) is 5.94. The van der Waals surface area contributed by atoms with Crippen molar-refractivity contribution in [2.75, 3.05) is 32.2 Å². The lowest BCUT2D eigenvalue weighted by atomic mass is 10.4. The fourth-order valence-corrected chi connectivity index (χ4v) is 1.57. The van der Waals surface area contributed by atoms with E-state index in [1.807, 2.05) is 40.3 Å². The van der Waals surface area contributed by atoms with Gasteiger partial charge in [0, 0.05) is 45.1 Å². The third kappa shape index (κ3) is 4.71. The van der Waals surface area contributed by atoms with Gasteiger partial charge in [0.25, 0.3) is 0 Å². The average molecular weight is 239 g/mol. The van der Waals surface area contributed by atoms with E-state index in [9.17, 15) is 0 Å². The zero-order valence-corrected chi connectivity index (χ0v) is 11.2. The summed E-state index contributed by atoms with van der Waals surface area (Å²) in [5.74, 6) is 0. The monoisotopic (exact) mass is 239 g/mol. The second kappa shape index (κ2) is 7.25. The molecule has 1 aromatic heterocycles. The van der Waals surface area contributed by atoms with Gasteiger partial charge in [0.2, 0.25) is 6.29 Å². The maximum Gasteiger partial charge on any atom is 0.217 e. The van der Waals surface area contributed by atoms with Crippen LogP contribution in [0.4, 0.5) is 5.69 Å². The standard InChI is InChI=1S/C13H23N2O2/c1-5-16-13(17-6-2)11-15-9-7-12(8-10-15)14(3)4/h7-10,13H,5-6,11H2,1-4H3/q+1. The lowest BCUT2D eigenvalue weighted by molar-refractivity contribution is -0.710. The Morgan fingerprint density at radius 3 is 2.06 bits per heavy atom. The quantitative estimate of drug-likeness (QED) is 0.532. The van der Waals surface area contributed by atoms with E-state index in [4.69, 9.17) is 9.47 Å². The summed E-state index contributed by atoms with van der Waals surface area (Å²) in [6.45, 7) is 6.01. The molecule has 0 saturated carbocycles. The summed E-state index contributed by atoms with van der Waals surface area (Å²) in [5.41, 5.74) is 1.19. The average Bonchev–Trinajstić information content (AvgIpc) is 2.30. The summed E-state index contributed by atoms with van der Waals surface area (Å²) in [6.07, 6.45) is 3.92. The minimum absolute atomic E-state index is 0.166. The van der Waals surface area contributed by atoms with Crippen molar-refractivity contribution in [1.82, 2.24) is 0 Å². The van der Waals surface area contributed by atoms with Crippen LogP contribution < -0.4 is 9.47 Å². The summed E-state index contributed by atoms with van der Waals surface area (Å²) >= 11 is 0. The van der Waals surface area contributed by atoms with E-state index in [0.29, 0.717) is 13.2 Å². The van der Waals surface area contributed by atoms with E-state index in [-0.39, 0.29) is 6.29 Å². The molecule has 0 saturated heterocycles. The van der Waals surface area contributed by atoms with Crippen LogP contribution >= 0.6 is 0 Å². The van der Waals surface area contributed by atoms with Gasteiger partial charge in [-0.3, -0.25) is 0 Å². The molecule has 0 radical (unpaired) electrons. The van der Waals surface area contributed by atoms with Crippen molar-refractivity contribution >= 4 is 5.69 Å². The zero-order chi connectivity index (χ0) is 12.7. The van der Waals surface area contributed by atoms with Crippen LogP contribution in [-0.4, -0.2) is 33.6 Å². The first-order valence-corrected chi connectivity index (χ1v) is 6.07. The van der Waals surface area contributed by atoms with Crippen LogP contribution in [0.25, 0.3) is 0 Å². The van der Waals surface area contributed by atoms with Crippen molar-refractivity contribution in [2.45, 2.75) is 26.7 Å². The molecule has 0 aromatic carbocycles. The van der Waals surface area contributed by atoms with E-state index >= 15 is 0 Å². The predicted octanol–water partition coefficient (Wildman–Crippen LogP) is 1.44. The highest BCUT2D eigenvalue weighted by Gasteiger charge is 2.14. The van der Waals surface area contributed by atoms with E-state index in [1.165, 1.54) is 5.69 Å². The number of hydrogen-bond acceptors (Lipinski definition) is 3. The summed E-state index contributed by atoms with van der Waals surface area (Å²) in [4.78, 5) is 2.08. The highest BCUT2D eigenvalue weighted by atomic mass is 16.7. The zero-order valence-electron chi connectivity index (χ0n) is 11.2. The van der Waals surface area contributed by atoms with Crippen molar-refractivity contribution in [3.8, 4) is 0 Å². The van der Waals surface area contributed by atoms with E-state index in [0.717, 1.165) is 6.54 Å². The fraction of sp³-hybridized carbons (Fsp3) is 0.615. The van der Waals surface area contributed by atoms with Crippen molar-refractivity contribution in [2.24, 2.45) is 0 Å². The predicted molar refractivity (Wildman–Crippen MR) is 68.0 cm³/mol. The largest absolute Gasteiger partial charge is 0.377 e. The summed E-state index contributed by atoms with van der Waals surface area (Å²) < 4.78 is 13.1. The molecule has 0 fully saturated rings. The van der Waals surface area contributed by atoms with Crippen LogP contribution in [-0.2, 0) is 16.0 Å². The Balaban J connectivity index is 2.59. The Hall–Kier alpha value is -1.13. The molecule has 0 aliphatic heterocycles. The molecular weight excluding hydrogens is 216 g/mol. The van der Waals surface area contributed by atoms with E-state index < -0.39 is 0 Å². The SMILES string of the molecule is CCOC(C[n+]1ccc(N(C)C)cc1)OCC. The first-order chi connectivity index (χ1) is 8.17. The van der Waals surface area contributed by atoms with Gasteiger partial charge in [-0.25, -0.2) is 0 Å². The molecule has 0 unspecified atom stereocenters. The number of aromatic nitrogens is 1. The van der Waals surface area contributed by atoms with Gasteiger partial charge < -0.3 is 14.4 Å². The topological polar surface area (TPSA) is 25.6 Å². The number of hydrogen-bond donors (Lipinski definition) is 0. The van der Waals surface area contributed by atoms with Gasteiger partial charge in [-0.2, -0.15) is 4.57 Å².